The van der Waals surface area contributed by atoms with Gasteiger partial charge in [0.2, 0.25) is 0 Å². The van der Waals surface area contributed by atoms with Gasteiger partial charge in [-0.15, -0.1) is 11.3 Å². The summed E-state index contributed by atoms with van der Waals surface area (Å²) in [7, 11) is 0. The molecule has 6 nitrogen and oxygen atoms in total. The Hall–Kier alpha value is -2.48. The quantitative estimate of drug-likeness (QED) is 0.680. The summed E-state index contributed by atoms with van der Waals surface area (Å²) in [5.41, 5.74) is 2.30. The summed E-state index contributed by atoms with van der Waals surface area (Å²) >= 11 is 1.59. The molecule has 0 N–H and O–H groups in total. The van der Waals surface area contributed by atoms with Crippen molar-refractivity contribution in [2.75, 3.05) is 26.3 Å². The van der Waals surface area contributed by atoms with Crippen molar-refractivity contribution >= 4 is 17.2 Å². The van der Waals surface area contributed by atoms with Crippen molar-refractivity contribution in [1.82, 2.24) is 14.7 Å². The number of piperidine rings is 1. The second-order valence-corrected chi connectivity index (χ2v) is 8.00. The van der Waals surface area contributed by atoms with Crippen LogP contribution in [-0.2, 0) is 9.47 Å². The minimum atomic E-state index is -0.485. The number of benzene rings is 1. The third kappa shape index (κ3) is 3.15. The van der Waals surface area contributed by atoms with Gasteiger partial charge in [0, 0.05) is 32.1 Å². The van der Waals surface area contributed by atoms with Gasteiger partial charge in [0.25, 0.3) is 5.91 Å². The molecule has 0 bridgehead atoms. The first-order valence-corrected chi connectivity index (χ1v) is 10.4. The molecule has 5 rings (SSSR count). The van der Waals surface area contributed by atoms with Crippen LogP contribution in [-0.4, -0.2) is 52.7 Å². The summed E-state index contributed by atoms with van der Waals surface area (Å²) in [6, 6.07) is 13.9. The summed E-state index contributed by atoms with van der Waals surface area (Å²) in [5, 5.41) is 6.74. The molecular weight excluding hydrogens is 374 g/mol. The first-order valence-electron chi connectivity index (χ1n) is 9.50. The smallest absolute Gasteiger partial charge is 0.257 e. The lowest BCUT2D eigenvalue weighted by atomic mass is 10.0. The highest BCUT2D eigenvalue weighted by Crippen LogP contribution is 2.33. The maximum Gasteiger partial charge on any atom is 0.257 e. The average molecular weight is 395 g/mol. The Morgan fingerprint density at radius 1 is 1.04 bits per heavy atom. The van der Waals surface area contributed by atoms with Gasteiger partial charge >= 0.3 is 0 Å². The Morgan fingerprint density at radius 3 is 2.46 bits per heavy atom. The van der Waals surface area contributed by atoms with Crippen molar-refractivity contribution < 1.29 is 14.3 Å². The van der Waals surface area contributed by atoms with Crippen LogP contribution >= 0.6 is 11.3 Å². The number of amides is 1. The highest BCUT2D eigenvalue weighted by Gasteiger charge is 2.41. The fourth-order valence-electron chi connectivity index (χ4n) is 3.85. The number of para-hydroxylation sites is 1. The van der Waals surface area contributed by atoms with Crippen molar-refractivity contribution in [2.45, 2.75) is 18.6 Å². The highest BCUT2D eigenvalue weighted by molar-refractivity contribution is 7.13. The Kier molecular flexibility index (Phi) is 4.50. The molecule has 1 aromatic carbocycles. The second kappa shape index (κ2) is 7.16. The number of carbonyl (C=O) groups excluding carboxylic acids is 1. The van der Waals surface area contributed by atoms with Crippen LogP contribution in [0.2, 0.25) is 0 Å². The lowest BCUT2D eigenvalue weighted by Crippen LogP contribution is -2.47. The van der Waals surface area contributed by atoms with Gasteiger partial charge in [-0.05, 0) is 23.6 Å². The van der Waals surface area contributed by atoms with E-state index in [-0.39, 0.29) is 5.91 Å². The van der Waals surface area contributed by atoms with Crippen molar-refractivity contribution in [1.29, 1.82) is 0 Å². The molecule has 2 aliphatic heterocycles. The fourth-order valence-corrected chi connectivity index (χ4v) is 4.57. The molecule has 2 saturated heterocycles. The van der Waals surface area contributed by atoms with E-state index in [0.717, 1.165) is 16.3 Å². The number of thiophene rings is 1. The van der Waals surface area contributed by atoms with E-state index in [0.29, 0.717) is 44.7 Å². The Labute approximate surface area is 167 Å². The summed E-state index contributed by atoms with van der Waals surface area (Å²) in [6.45, 7) is 2.53. The number of hydrogen-bond acceptors (Lipinski definition) is 5. The van der Waals surface area contributed by atoms with E-state index in [1.807, 2.05) is 58.9 Å². The first kappa shape index (κ1) is 17.6. The maximum atomic E-state index is 13.4. The zero-order chi connectivity index (χ0) is 19.0. The van der Waals surface area contributed by atoms with Gasteiger partial charge in [-0.2, -0.15) is 5.10 Å². The Balaban J connectivity index is 1.45. The van der Waals surface area contributed by atoms with Gasteiger partial charge in [-0.3, -0.25) is 4.79 Å². The van der Waals surface area contributed by atoms with E-state index in [2.05, 4.69) is 0 Å². The van der Waals surface area contributed by atoms with Gasteiger partial charge in [-0.1, -0.05) is 24.3 Å². The summed E-state index contributed by atoms with van der Waals surface area (Å²) in [6.07, 6.45) is 3.26. The van der Waals surface area contributed by atoms with Crippen molar-refractivity contribution in [2.24, 2.45) is 0 Å². The van der Waals surface area contributed by atoms with E-state index in [9.17, 15) is 4.79 Å². The van der Waals surface area contributed by atoms with Gasteiger partial charge < -0.3 is 14.4 Å². The number of nitrogens with zero attached hydrogens (tertiary/aromatic N) is 3. The van der Waals surface area contributed by atoms with Crippen LogP contribution in [0, 0.1) is 0 Å². The molecular formula is C21H21N3O3S. The molecule has 0 atom stereocenters. The molecule has 3 aromatic rings. The molecule has 1 spiro atoms. The van der Waals surface area contributed by atoms with Crippen molar-refractivity contribution in [3.05, 3.63) is 59.6 Å². The number of likely N-dealkylation sites (tertiary alicyclic amines) is 1. The van der Waals surface area contributed by atoms with Crippen molar-refractivity contribution in [3.63, 3.8) is 0 Å². The molecule has 0 radical (unpaired) electrons. The lowest BCUT2D eigenvalue weighted by Gasteiger charge is -2.37. The van der Waals surface area contributed by atoms with Gasteiger partial charge in [-0.25, -0.2) is 4.68 Å². The van der Waals surface area contributed by atoms with E-state index in [1.165, 1.54) is 0 Å². The topological polar surface area (TPSA) is 56.6 Å². The summed E-state index contributed by atoms with van der Waals surface area (Å²) in [4.78, 5) is 16.2. The van der Waals surface area contributed by atoms with Gasteiger partial charge in [0.1, 0.15) is 5.69 Å². The number of rotatable bonds is 3. The standard InChI is InChI=1S/C21H21N3O3S/c25-20(23-10-8-21(9-11-23)26-12-13-27-21)17-15-24(16-5-2-1-3-6-16)22-19(17)18-7-4-14-28-18/h1-7,14-15H,8-13H2. The number of ether oxygens (including phenoxy) is 2. The molecule has 2 aliphatic rings. The lowest BCUT2D eigenvalue weighted by molar-refractivity contribution is -0.181. The molecule has 2 fully saturated rings. The fraction of sp³-hybridized carbons (Fsp3) is 0.333. The highest BCUT2D eigenvalue weighted by atomic mass is 32.1. The summed E-state index contributed by atoms with van der Waals surface area (Å²) in [5.74, 6) is -0.472. The van der Waals surface area contributed by atoms with E-state index in [4.69, 9.17) is 14.6 Å². The molecule has 0 saturated carbocycles. The zero-order valence-electron chi connectivity index (χ0n) is 15.4. The van der Waals surface area contributed by atoms with Crippen LogP contribution < -0.4 is 0 Å². The Bertz CT molecular complexity index is 952. The zero-order valence-corrected chi connectivity index (χ0v) is 16.2. The maximum absolute atomic E-state index is 13.4. The van der Waals surface area contributed by atoms with Crippen LogP contribution in [0.25, 0.3) is 16.3 Å². The third-order valence-corrected chi connectivity index (χ3v) is 6.22. The molecule has 7 heteroatoms. The monoisotopic (exact) mass is 395 g/mol. The molecule has 4 heterocycles. The number of hydrogen-bond donors (Lipinski definition) is 0. The van der Waals surface area contributed by atoms with E-state index < -0.39 is 5.79 Å². The van der Waals surface area contributed by atoms with E-state index >= 15 is 0 Å². The predicted molar refractivity (Wildman–Crippen MR) is 107 cm³/mol. The molecule has 2 aromatic heterocycles. The van der Waals surface area contributed by atoms with Gasteiger partial charge in [0.15, 0.2) is 5.79 Å². The summed E-state index contributed by atoms with van der Waals surface area (Å²) < 4.78 is 13.4. The minimum Gasteiger partial charge on any atom is -0.347 e. The molecule has 28 heavy (non-hydrogen) atoms. The van der Waals surface area contributed by atoms with Crippen LogP contribution in [0.1, 0.15) is 23.2 Å². The first-order chi connectivity index (χ1) is 13.7. The predicted octanol–water partition coefficient (Wildman–Crippen LogP) is 3.58. The molecule has 0 unspecified atom stereocenters. The normalized spacial score (nSPS) is 18.6. The van der Waals surface area contributed by atoms with Crippen molar-refractivity contribution in [3.8, 4) is 16.3 Å². The second-order valence-electron chi connectivity index (χ2n) is 7.05. The van der Waals surface area contributed by atoms with Crippen LogP contribution in [0.5, 0.6) is 0 Å². The molecule has 1 amide bonds. The number of carbonyl (C=O) groups is 1. The molecule has 0 aliphatic carbocycles. The van der Waals surface area contributed by atoms with Gasteiger partial charge in [0.05, 0.1) is 29.3 Å². The minimum absolute atomic E-state index is 0.0124. The number of aromatic nitrogens is 2. The average Bonchev–Trinajstić information content (AvgIpc) is 3.49. The largest absolute Gasteiger partial charge is 0.347 e. The SMILES string of the molecule is O=C(c1cn(-c2ccccc2)nc1-c1cccs1)N1CCC2(CC1)OCCO2. The van der Waals surface area contributed by atoms with Crippen LogP contribution in [0.3, 0.4) is 0 Å². The molecule has 144 valence electrons. The van der Waals surface area contributed by atoms with Crippen LogP contribution in [0.15, 0.2) is 54.0 Å². The van der Waals surface area contributed by atoms with Crippen LogP contribution in [0.4, 0.5) is 0 Å². The Morgan fingerprint density at radius 2 is 1.79 bits per heavy atom. The van der Waals surface area contributed by atoms with E-state index in [1.54, 1.807) is 16.0 Å². The third-order valence-electron chi connectivity index (χ3n) is 5.35.